The van der Waals surface area contributed by atoms with Gasteiger partial charge in [-0.3, -0.25) is 13.9 Å². The van der Waals surface area contributed by atoms with Crippen LogP contribution in [0.25, 0.3) is 0 Å². The van der Waals surface area contributed by atoms with Crippen molar-refractivity contribution in [2.24, 2.45) is 0 Å². The number of rotatable bonds is 13. The summed E-state index contributed by atoms with van der Waals surface area (Å²) in [7, 11) is -3.92. The number of para-hydroxylation sites is 1. The molecule has 1 saturated carbocycles. The molecule has 1 aliphatic carbocycles. The summed E-state index contributed by atoms with van der Waals surface area (Å²) in [6, 6.07) is 29.2. The summed E-state index contributed by atoms with van der Waals surface area (Å²) in [6.07, 6.45) is 5.08. The molecule has 4 aromatic carbocycles. The summed E-state index contributed by atoms with van der Waals surface area (Å²) in [5, 5.41) is 3.82. The van der Waals surface area contributed by atoms with E-state index in [-0.39, 0.29) is 30.6 Å². The minimum Gasteiger partial charge on any atom is -0.457 e. The van der Waals surface area contributed by atoms with E-state index in [0.717, 1.165) is 41.8 Å². The van der Waals surface area contributed by atoms with Gasteiger partial charge in [0.2, 0.25) is 21.8 Å². The number of nitrogens with one attached hydrogen (secondary N) is 1. The number of nitrogens with zero attached hydrogens (tertiary/aromatic N) is 2. The molecule has 1 aliphatic rings. The normalized spacial score (nSPS) is 13.9. The van der Waals surface area contributed by atoms with E-state index < -0.39 is 28.5 Å². The lowest BCUT2D eigenvalue weighted by Gasteiger charge is -2.34. The average molecular weight is 695 g/mol. The first-order valence-electron chi connectivity index (χ1n) is 15.5. The summed E-state index contributed by atoms with van der Waals surface area (Å²) < 4.78 is 33.2. The molecule has 11 heteroatoms. The van der Waals surface area contributed by atoms with Gasteiger partial charge >= 0.3 is 0 Å². The van der Waals surface area contributed by atoms with Gasteiger partial charge in [0, 0.05) is 19.0 Å². The van der Waals surface area contributed by atoms with E-state index in [4.69, 9.17) is 27.9 Å². The number of halogens is 2. The number of anilines is 1. The second kappa shape index (κ2) is 15.7. The van der Waals surface area contributed by atoms with Crippen molar-refractivity contribution in [1.82, 2.24) is 10.2 Å². The maximum Gasteiger partial charge on any atom is 0.244 e. The molecule has 0 radical (unpaired) electrons. The molecule has 1 fully saturated rings. The third kappa shape index (κ3) is 9.50. The SMILES string of the molecule is CS(=O)(=O)N(CC(=O)N(Cc1ccc(Cl)c(Cl)c1)[C@@H](Cc1ccccc1)C(=O)NC1CCCC1)c1ccc(Oc2ccccc2)cc1. The Morgan fingerprint density at radius 3 is 2.06 bits per heavy atom. The Morgan fingerprint density at radius 1 is 0.830 bits per heavy atom. The number of carbonyl (C=O) groups is 2. The standard InChI is InChI=1S/C36H37Cl2N3O5S/c1-47(44,45)41(29-17-19-31(20-18-29)46-30-14-6-3-7-15-30)25-35(42)40(24-27-16-21-32(37)33(38)22-27)34(23-26-10-4-2-5-11-26)36(43)39-28-12-8-9-13-28/h2-7,10-11,14-22,28,34H,8-9,12-13,23-25H2,1H3,(H,39,43)/t34-/m0/s1. The Balaban J connectivity index is 1.47. The second-order valence-corrected chi connectivity index (χ2v) is 14.4. The molecular formula is C36H37Cl2N3O5S. The quantitative estimate of drug-likeness (QED) is 0.159. The van der Waals surface area contributed by atoms with Crippen molar-refractivity contribution in [1.29, 1.82) is 0 Å². The summed E-state index contributed by atoms with van der Waals surface area (Å²) in [5.41, 5.74) is 1.79. The van der Waals surface area contributed by atoms with Gasteiger partial charge in [0.05, 0.1) is 22.0 Å². The molecule has 47 heavy (non-hydrogen) atoms. The van der Waals surface area contributed by atoms with E-state index in [2.05, 4.69) is 5.32 Å². The molecule has 5 rings (SSSR count). The highest BCUT2D eigenvalue weighted by atomic mass is 35.5. The minimum absolute atomic E-state index is 0.00671. The largest absolute Gasteiger partial charge is 0.457 e. The summed E-state index contributed by atoms with van der Waals surface area (Å²) in [4.78, 5) is 29.8. The number of sulfonamides is 1. The first-order chi connectivity index (χ1) is 22.6. The monoisotopic (exact) mass is 693 g/mol. The molecule has 2 amide bonds. The molecule has 4 aromatic rings. The van der Waals surface area contributed by atoms with Gasteiger partial charge in [-0.2, -0.15) is 0 Å². The number of ether oxygens (including phenoxy) is 1. The van der Waals surface area contributed by atoms with E-state index in [0.29, 0.717) is 27.1 Å². The molecule has 0 heterocycles. The highest BCUT2D eigenvalue weighted by Crippen LogP contribution is 2.28. The van der Waals surface area contributed by atoms with E-state index >= 15 is 0 Å². The van der Waals surface area contributed by atoms with Gasteiger partial charge in [-0.05, 0) is 72.5 Å². The van der Waals surface area contributed by atoms with Gasteiger partial charge in [-0.15, -0.1) is 0 Å². The van der Waals surface area contributed by atoms with E-state index in [1.54, 1.807) is 42.5 Å². The van der Waals surface area contributed by atoms with Crippen LogP contribution >= 0.6 is 23.2 Å². The van der Waals surface area contributed by atoms with Crippen LogP contribution in [0.4, 0.5) is 5.69 Å². The predicted molar refractivity (Wildman–Crippen MR) is 186 cm³/mol. The van der Waals surface area contributed by atoms with Crippen LogP contribution in [-0.2, 0) is 32.6 Å². The van der Waals surface area contributed by atoms with Crippen LogP contribution in [0, 0.1) is 0 Å². The van der Waals surface area contributed by atoms with Crippen LogP contribution in [-0.4, -0.2) is 50.0 Å². The van der Waals surface area contributed by atoms with Crippen LogP contribution in [0.2, 0.25) is 10.0 Å². The highest BCUT2D eigenvalue weighted by molar-refractivity contribution is 7.92. The fourth-order valence-corrected chi connectivity index (χ4v) is 6.85. The Labute approximate surface area is 286 Å². The van der Waals surface area contributed by atoms with Gasteiger partial charge in [-0.1, -0.05) is 90.6 Å². The van der Waals surface area contributed by atoms with Crippen molar-refractivity contribution in [2.45, 2.75) is 50.7 Å². The molecule has 0 spiro atoms. The van der Waals surface area contributed by atoms with Gasteiger partial charge < -0.3 is 15.0 Å². The third-order valence-corrected chi connectivity index (χ3v) is 9.97. The van der Waals surface area contributed by atoms with E-state index in [1.807, 2.05) is 60.7 Å². The van der Waals surface area contributed by atoms with Gasteiger partial charge in [0.1, 0.15) is 24.1 Å². The van der Waals surface area contributed by atoms with Crippen molar-refractivity contribution in [3.05, 3.63) is 124 Å². The van der Waals surface area contributed by atoms with E-state index in [9.17, 15) is 18.0 Å². The molecule has 1 atom stereocenters. The van der Waals surface area contributed by atoms with Crippen molar-refractivity contribution in [2.75, 3.05) is 17.1 Å². The summed E-state index contributed by atoms with van der Waals surface area (Å²) in [5.74, 6) is 0.303. The molecule has 8 nitrogen and oxygen atoms in total. The molecular weight excluding hydrogens is 657 g/mol. The third-order valence-electron chi connectivity index (χ3n) is 8.09. The zero-order valence-electron chi connectivity index (χ0n) is 26.0. The van der Waals surface area contributed by atoms with Crippen LogP contribution < -0.4 is 14.4 Å². The first kappa shape index (κ1) is 34.3. The molecule has 0 aromatic heterocycles. The average Bonchev–Trinajstić information content (AvgIpc) is 3.57. The Bertz CT molecular complexity index is 1770. The van der Waals surface area contributed by atoms with Crippen molar-refractivity contribution in [3.8, 4) is 11.5 Å². The van der Waals surface area contributed by atoms with Crippen molar-refractivity contribution in [3.63, 3.8) is 0 Å². The Hall–Kier alpha value is -4.05. The predicted octanol–water partition coefficient (Wildman–Crippen LogP) is 7.25. The topological polar surface area (TPSA) is 96.0 Å². The maximum absolute atomic E-state index is 14.4. The van der Waals surface area contributed by atoms with Crippen LogP contribution in [0.3, 0.4) is 0 Å². The van der Waals surface area contributed by atoms with Crippen molar-refractivity contribution < 1.29 is 22.7 Å². The smallest absolute Gasteiger partial charge is 0.244 e. The van der Waals surface area contributed by atoms with Gasteiger partial charge in [0.15, 0.2) is 0 Å². The maximum atomic E-state index is 14.4. The summed E-state index contributed by atoms with van der Waals surface area (Å²) in [6.45, 7) is -0.520. The fraction of sp³-hybridized carbons (Fsp3) is 0.278. The van der Waals surface area contributed by atoms with Gasteiger partial charge in [-0.25, -0.2) is 8.42 Å². The number of benzene rings is 4. The number of hydrogen-bond acceptors (Lipinski definition) is 5. The molecule has 1 N–H and O–H groups in total. The zero-order chi connectivity index (χ0) is 33.4. The number of hydrogen-bond donors (Lipinski definition) is 1. The first-order valence-corrected chi connectivity index (χ1v) is 18.1. The Kier molecular flexibility index (Phi) is 11.4. The molecule has 0 bridgehead atoms. The van der Waals surface area contributed by atoms with Crippen LogP contribution in [0.1, 0.15) is 36.8 Å². The zero-order valence-corrected chi connectivity index (χ0v) is 28.3. The molecule has 0 saturated heterocycles. The second-order valence-electron chi connectivity index (χ2n) is 11.6. The number of amides is 2. The van der Waals surface area contributed by atoms with E-state index in [1.165, 1.54) is 4.90 Å². The van der Waals surface area contributed by atoms with Crippen molar-refractivity contribution >= 4 is 50.7 Å². The highest BCUT2D eigenvalue weighted by Gasteiger charge is 2.34. The molecule has 0 unspecified atom stereocenters. The fourth-order valence-electron chi connectivity index (χ4n) is 5.67. The van der Waals surface area contributed by atoms with Crippen LogP contribution in [0.5, 0.6) is 11.5 Å². The molecule has 0 aliphatic heterocycles. The lowest BCUT2D eigenvalue weighted by Crippen LogP contribution is -2.54. The minimum atomic E-state index is -3.92. The van der Waals surface area contributed by atoms with Crippen LogP contribution in [0.15, 0.2) is 103 Å². The Morgan fingerprint density at radius 2 is 1.45 bits per heavy atom. The number of carbonyl (C=O) groups excluding carboxylic acids is 2. The lowest BCUT2D eigenvalue weighted by atomic mass is 10.0. The summed E-state index contributed by atoms with van der Waals surface area (Å²) >= 11 is 12.5. The van der Waals surface area contributed by atoms with Gasteiger partial charge in [0.25, 0.3) is 0 Å². The molecule has 246 valence electrons. The lowest BCUT2D eigenvalue weighted by molar-refractivity contribution is -0.140.